The van der Waals surface area contributed by atoms with Gasteiger partial charge in [0.1, 0.15) is 11.9 Å². The van der Waals surface area contributed by atoms with Gasteiger partial charge in [0.05, 0.1) is 17.4 Å². The van der Waals surface area contributed by atoms with Crippen molar-refractivity contribution in [2.75, 3.05) is 13.1 Å². The van der Waals surface area contributed by atoms with Gasteiger partial charge < -0.3 is 9.30 Å². The van der Waals surface area contributed by atoms with E-state index in [9.17, 15) is 0 Å². The average Bonchev–Trinajstić information content (AvgIpc) is 3.16. The Hall–Kier alpha value is -2.34. The van der Waals surface area contributed by atoms with Crippen LogP contribution < -0.4 is 4.74 Å². The van der Waals surface area contributed by atoms with Crippen molar-refractivity contribution in [2.24, 2.45) is 14.1 Å². The Balaban J connectivity index is 1.37. The third-order valence-electron chi connectivity index (χ3n) is 4.75. The van der Waals surface area contributed by atoms with E-state index in [4.69, 9.17) is 4.74 Å². The highest BCUT2D eigenvalue weighted by atomic mass is 16.5. The van der Waals surface area contributed by atoms with Crippen LogP contribution in [0.3, 0.4) is 0 Å². The molecule has 0 saturated carbocycles. The second kappa shape index (κ2) is 6.28. The van der Waals surface area contributed by atoms with Gasteiger partial charge in [0.15, 0.2) is 0 Å². The summed E-state index contributed by atoms with van der Waals surface area (Å²) in [5.41, 5.74) is 2.25. The first-order valence-electron chi connectivity index (χ1n) is 8.47. The third kappa shape index (κ3) is 3.01. The second-order valence-corrected chi connectivity index (χ2v) is 6.53. The molecule has 1 fully saturated rings. The molecule has 0 spiro atoms. The van der Waals surface area contributed by atoms with Gasteiger partial charge >= 0.3 is 0 Å². The highest BCUT2D eigenvalue weighted by molar-refractivity contribution is 5.86. The second-order valence-electron chi connectivity index (χ2n) is 6.53. The van der Waals surface area contributed by atoms with Gasteiger partial charge in [0.2, 0.25) is 0 Å². The number of fused-ring (bicyclic) bond motifs is 1. The number of rotatable bonds is 4. The van der Waals surface area contributed by atoms with Crippen LogP contribution in [0.4, 0.5) is 0 Å². The lowest BCUT2D eigenvalue weighted by atomic mass is 10.1. The Morgan fingerprint density at radius 3 is 2.75 bits per heavy atom. The number of aromatic nitrogens is 4. The summed E-state index contributed by atoms with van der Waals surface area (Å²) in [6.07, 6.45) is 6.31. The summed E-state index contributed by atoms with van der Waals surface area (Å²) >= 11 is 0. The molecule has 3 aromatic rings. The Morgan fingerprint density at radius 2 is 2.00 bits per heavy atom. The Bertz CT molecular complexity index is 829. The number of hydrogen-bond donors (Lipinski definition) is 0. The van der Waals surface area contributed by atoms with Crippen LogP contribution in [-0.2, 0) is 20.6 Å². The zero-order chi connectivity index (χ0) is 16.5. The maximum absolute atomic E-state index is 6.31. The minimum Gasteiger partial charge on any atom is -0.490 e. The van der Waals surface area contributed by atoms with Crippen LogP contribution in [0.15, 0.2) is 36.7 Å². The van der Waals surface area contributed by atoms with Crippen molar-refractivity contribution in [3.63, 3.8) is 0 Å². The predicted octanol–water partition coefficient (Wildman–Crippen LogP) is 2.35. The van der Waals surface area contributed by atoms with Crippen LogP contribution >= 0.6 is 0 Å². The molecular weight excluding hydrogens is 302 g/mol. The number of ether oxygens (including phenoxy) is 1. The largest absolute Gasteiger partial charge is 0.490 e. The summed E-state index contributed by atoms with van der Waals surface area (Å²) in [4.78, 5) is 4.04. The summed E-state index contributed by atoms with van der Waals surface area (Å²) in [6.45, 7) is 2.94. The zero-order valence-corrected chi connectivity index (χ0v) is 14.2. The highest BCUT2D eigenvalue weighted by Gasteiger charge is 2.22. The smallest absolute Gasteiger partial charge is 0.129 e. The monoisotopic (exact) mass is 325 g/mol. The SMILES string of the molecule is Cn1ncc(CN2CCC(Oc3cccc4c3ccn4C)CC2)n1. The van der Waals surface area contributed by atoms with E-state index in [2.05, 4.69) is 57.2 Å². The van der Waals surface area contributed by atoms with Gasteiger partial charge in [0, 0.05) is 45.3 Å². The van der Waals surface area contributed by atoms with Crippen molar-refractivity contribution in [1.29, 1.82) is 0 Å². The Morgan fingerprint density at radius 1 is 1.17 bits per heavy atom. The van der Waals surface area contributed by atoms with E-state index in [1.54, 1.807) is 4.80 Å². The highest BCUT2D eigenvalue weighted by Crippen LogP contribution is 2.28. The molecule has 2 aromatic heterocycles. The molecule has 3 heterocycles. The summed E-state index contributed by atoms with van der Waals surface area (Å²) in [5.74, 6) is 1.00. The minimum atomic E-state index is 0.286. The van der Waals surface area contributed by atoms with Crippen molar-refractivity contribution >= 4 is 10.9 Å². The van der Waals surface area contributed by atoms with E-state index < -0.39 is 0 Å². The molecule has 0 N–H and O–H groups in total. The van der Waals surface area contributed by atoms with Crippen molar-refractivity contribution in [3.8, 4) is 5.75 Å². The number of piperidine rings is 1. The van der Waals surface area contributed by atoms with Crippen molar-refractivity contribution < 1.29 is 4.74 Å². The van der Waals surface area contributed by atoms with Gasteiger partial charge in [-0.3, -0.25) is 4.90 Å². The van der Waals surface area contributed by atoms with Gasteiger partial charge in [-0.15, -0.1) is 0 Å². The lowest BCUT2D eigenvalue weighted by Gasteiger charge is -2.31. The normalized spacial score (nSPS) is 16.8. The maximum Gasteiger partial charge on any atom is 0.129 e. The number of benzene rings is 1. The molecule has 24 heavy (non-hydrogen) atoms. The topological polar surface area (TPSA) is 48.1 Å². The standard InChI is InChI=1S/C18H23N5O/c1-21-9-8-16-17(21)4-3-5-18(16)24-15-6-10-23(11-7-15)13-14-12-19-22(2)20-14/h3-5,8-9,12,15H,6-7,10-11,13H2,1-2H3. The lowest BCUT2D eigenvalue weighted by molar-refractivity contribution is 0.0972. The molecule has 1 aliphatic rings. The number of likely N-dealkylation sites (tertiary alicyclic amines) is 1. The first-order chi connectivity index (χ1) is 11.7. The fourth-order valence-electron chi connectivity index (χ4n) is 3.43. The first kappa shape index (κ1) is 15.2. The minimum absolute atomic E-state index is 0.286. The van der Waals surface area contributed by atoms with E-state index in [0.29, 0.717) is 0 Å². The van der Waals surface area contributed by atoms with E-state index >= 15 is 0 Å². The van der Waals surface area contributed by atoms with Gasteiger partial charge in [0.25, 0.3) is 0 Å². The van der Waals surface area contributed by atoms with Gasteiger partial charge in [-0.1, -0.05) is 6.07 Å². The molecule has 0 unspecified atom stereocenters. The van der Waals surface area contributed by atoms with E-state index in [0.717, 1.165) is 43.9 Å². The van der Waals surface area contributed by atoms with Crippen molar-refractivity contribution in [3.05, 3.63) is 42.4 Å². The average molecular weight is 325 g/mol. The van der Waals surface area contributed by atoms with E-state index in [-0.39, 0.29) is 6.10 Å². The summed E-state index contributed by atoms with van der Waals surface area (Å²) < 4.78 is 8.44. The lowest BCUT2D eigenvalue weighted by Crippen LogP contribution is -2.37. The zero-order valence-electron chi connectivity index (χ0n) is 14.2. The molecule has 1 aliphatic heterocycles. The van der Waals surface area contributed by atoms with Gasteiger partial charge in [-0.05, 0) is 31.0 Å². The van der Waals surface area contributed by atoms with E-state index in [1.165, 1.54) is 10.9 Å². The predicted molar refractivity (Wildman–Crippen MR) is 92.8 cm³/mol. The first-order valence-corrected chi connectivity index (χ1v) is 8.47. The Labute approximate surface area is 141 Å². The van der Waals surface area contributed by atoms with Crippen LogP contribution in [0.25, 0.3) is 10.9 Å². The number of nitrogens with zero attached hydrogens (tertiary/aromatic N) is 5. The molecular formula is C18H23N5O. The fraction of sp³-hybridized carbons (Fsp3) is 0.444. The van der Waals surface area contributed by atoms with Crippen LogP contribution in [0.2, 0.25) is 0 Å². The number of hydrogen-bond acceptors (Lipinski definition) is 4. The Kier molecular flexibility index (Phi) is 3.98. The third-order valence-corrected chi connectivity index (χ3v) is 4.75. The van der Waals surface area contributed by atoms with Crippen LogP contribution in [0, 0.1) is 0 Å². The van der Waals surface area contributed by atoms with Crippen molar-refractivity contribution in [1.82, 2.24) is 24.5 Å². The molecule has 0 aliphatic carbocycles. The molecule has 0 bridgehead atoms. The van der Waals surface area contributed by atoms with E-state index in [1.807, 2.05) is 13.2 Å². The molecule has 0 amide bonds. The van der Waals surface area contributed by atoms with Gasteiger partial charge in [-0.25, -0.2) is 0 Å². The summed E-state index contributed by atoms with van der Waals surface area (Å²) in [7, 11) is 3.92. The quantitative estimate of drug-likeness (QED) is 0.739. The van der Waals surface area contributed by atoms with Crippen LogP contribution in [0.1, 0.15) is 18.5 Å². The molecule has 4 rings (SSSR count). The molecule has 6 heteroatoms. The van der Waals surface area contributed by atoms with Crippen molar-refractivity contribution in [2.45, 2.75) is 25.5 Å². The van der Waals surface area contributed by atoms with Gasteiger partial charge in [-0.2, -0.15) is 15.0 Å². The molecule has 1 aromatic carbocycles. The fourth-order valence-corrected chi connectivity index (χ4v) is 3.43. The number of aryl methyl sites for hydroxylation is 2. The summed E-state index contributed by atoms with van der Waals surface area (Å²) in [6, 6.07) is 8.41. The van der Waals surface area contributed by atoms with Crippen LogP contribution in [0.5, 0.6) is 5.75 Å². The molecule has 0 radical (unpaired) electrons. The maximum atomic E-state index is 6.31. The molecule has 6 nitrogen and oxygen atoms in total. The molecule has 1 saturated heterocycles. The van der Waals surface area contributed by atoms with Crippen LogP contribution in [-0.4, -0.2) is 43.7 Å². The summed E-state index contributed by atoms with van der Waals surface area (Å²) in [5, 5.41) is 9.69. The molecule has 126 valence electrons. The molecule has 0 atom stereocenters.